The molecule has 2 N–H and O–H groups in total. The summed E-state index contributed by atoms with van der Waals surface area (Å²) in [6.07, 6.45) is 0. The fourth-order valence-corrected chi connectivity index (χ4v) is 3.98. The second-order valence-electron chi connectivity index (χ2n) is 5.56. The third-order valence-electron chi connectivity index (χ3n) is 3.58. The van der Waals surface area contributed by atoms with Crippen LogP contribution in [0.5, 0.6) is 11.5 Å². The highest BCUT2D eigenvalue weighted by Gasteiger charge is 2.13. The van der Waals surface area contributed by atoms with Gasteiger partial charge in [0.2, 0.25) is 11.0 Å². The van der Waals surface area contributed by atoms with Crippen molar-refractivity contribution < 1.29 is 14.3 Å². The standard InChI is InChI=1S/C18H16N4O3S2/c23-16(19-13-6-7-14-15(10-13)25-9-8-24-14)11-26-18-22-21-17(27-18)20-12-4-2-1-3-5-12/h1-7,10H,8-9,11H2,(H,19,23)(H,20,21). The molecule has 1 aliphatic rings. The number of hydrogen-bond acceptors (Lipinski definition) is 8. The molecule has 0 saturated carbocycles. The fourth-order valence-electron chi connectivity index (χ4n) is 2.41. The van der Waals surface area contributed by atoms with E-state index in [9.17, 15) is 4.79 Å². The molecule has 0 saturated heterocycles. The molecule has 3 aromatic rings. The molecule has 0 atom stereocenters. The zero-order valence-electron chi connectivity index (χ0n) is 14.2. The van der Waals surface area contributed by atoms with Crippen LogP contribution in [0.1, 0.15) is 0 Å². The number of rotatable bonds is 6. The largest absolute Gasteiger partial charge is 0.486 e. The van der Waals surface area contributed by atoms with Crippen molar-refractivity contribution in [2.45, 2.75) is 4.34 Å². The highest BCUT2D eigenvalue weighted by molar-refractivity contribution is 8.01. The van der Waals surface area contributed by atoms with Crippen molar-refractivity contribution >= 4 is 45.5 Å². The van der Waals surface area contributed by atoms with Crippen LogP contribution in [-0.2, 0) is 4.79 Å². The summed E-state index contributed by atoms with van der Waals surface area (Å²) < 4.78 is 11.7. The molecule has 0 unspecified atom stereocenters. The molecule has 1 aromatic heterocycles. The number of nitrogens with one attached hydrogen (secondary N) is 2. The fraction of sp³-hybridized carbons (Fsp3) is 0.167. The molecule has 0 aliphatic carbocycles. The van der Waals surface area contributed by atoms with Crippen LogP contribution in [0.3, 0.4) is 0 Å². The minimum absolute atomic E-state index is 0.121. The third kappa shape index (κ3) is 4.69. The van der Waals surface area contributed by atoms with E-state index in [4.69, 9.17) is 9.47 Å². The van der Waals surface area contributed by atoms with Gasteiger partial charge in [0.25, 0.3) is 0 Å². The maximum atomic E-state index is 12.2. The first kappa shape index (κ1) is 17.6. The van der Waals surface area contributed by atoms with Gasteiger partial charge in [-0.3, -0.25) is 4.79 Å². The molecule has 9 heteroatoms. The first-order valence-electron chi connectivity index (χ1n) is 8.24. The number of fused-ring (bicyclic) bond motifs is 1. The van der Waals surface area contributed by atoms with Crippen LogP contribution < -0.4 is 20.1 Å². The van der Waals surface area contributed by atoms with Crippen molar-refractivity contribution in [2.75, 3.05) is 29.6 Å². The molecular formula is C18H16N4O3S2. The lowest BCUT2D eigenvalue weighted by atomic mass is 10.2. The Balaban J connectivity index is 1.29. The maximum Gasteiger partial charge on any atom is 0.234 e. The summed E-state index contributed by atoms with van der Waals surface area (Å²) in [5.74, 6) is 1.46. The molecule has 0 bridgehead atoms. The summed E-state index contributed by atoms with van der Waals surface area (Å²) in [7, 11) is 0. The van der Waals surface area contributed by atoms with E-state index in [-0.39, 0.29) is 11.7 Å². The van der Waals surface area contributed by atoms with E-state index in [0.717, 1.165) is 10.0 Å². The van der Waals surface area contributed by atoms with Gasteiger partial charge in [0.05, 0.1) is 5.75 Å². The van der Waals surface area contributed by atoms with Crippen molar-refractivity contribution in [3.05, 3.63) is 48.5 Å². The molecule has 4 rings (SSSR count). The summed E-state index contributed by atoms with van der Waals surface area (Å²) >= 11 is 2.75. The maximum absolute atomic E-state index is 12.2. The topological polar surface area (TPSA) is 85.4 Å². The van der Waals surface area contributed by atoms with Crippen LogP contribution >= 0.6 is 23.1 Å². The highest BCUT2D eigenvalue weighted by Crippen LogP contribution is 2.33. The minimum atomic E-state index is -0.121. The van der Waals surface area contributed by atoms with Crippen molar-refractivity contribution in [3.63, 3.8) is 0 Å². The second kappa shape index (κ2) is 8.28. The lowest BCUT2D eigenvalue weighted by molar-refractivity contribution is -0.113. The van der Waals surface area contributed by atoms with Gasteiger partial charge in [-0.2, -0.15) is 0 Å². The Morgan fingerprint density at radius 2 is 1.85 bits per heavy atom. The Morgan fingerprint density at radius 3 is 2.70 bits per heavy atom. The molecule has 1 amide bonds. The van der Waals surface area contributed by atoms with Gasteiger partial charge in [-0.25, -0.2) is 0 Å². The van der Waals surface area contributed by atoms with Crippen LogP contribution in [0.4, 0.5) is 16.5 Å². The van der Waals surface area contributed by atoms with E-state index in [1.807, 2.05) is 30.3 Å². The predicted octanol–water partition coefficient (Wildman–Crippen LogP) is 3.78. The summed E-state index contributed by atoms with van der Waals surface area (Å²) in [4.78, 5) is 12.2. The molecule has 138 valence electrons. The normalized spacial score (nSPS) is 12.4. The zero-order valence-corrected chi connectivity index (χ0v) is 15.8. The van der Waals surface area contributed by atoms with Crippen molar-refractivity contribution in [1.82, 2.24) is 10.2 Å². The van der Waals surface area contributed by atoms with Crippen LogP contribution in [0.25, 0.3) is 0 Å². The third-order valence-corrected chi connectivity index (χ3v) is 5.56. The molecule has 2 heterocycles. The molecular weight excluding hydrogens is 384 g/mol. The number of carbonyl (C=O) groups excluding carboxylic acids is 1. The number of anilines is 3. The smallest absolute Gasteiger partial charge is 0.234 e. The molecule has 1 aliphatic heterocycles. The number of hydrogen-bond donors (Lipinski definition) is 2. The number of para-hydroxylation sites is 1. The number of amides is 1. The molecule has 0 spiro atoms. The summed E-state index contributed by atoms with van der Waals surface area (Å²) in [5, 5.41) is 14.9. The van der Waals surface area contributed by atoms with Crippen molar-refractivity contribution in [3.8, 4) is 11.5 Å². The molecule has 7 nitrogen and oxygen atoms in total. The van der Waals surface area contributed by atoms with Crippen LogP contribution in [-0.4, -0.2) is 35.1 Å². The summed E-state index contributed by atoms with van der Waals surface area (Å²) in [6.45, 7) is 1.05. The summed E-state index contributed by atoms with van der Waals surface area (Å²) in [6, 6.07) is 15.1. The first-order valence-corrected chi connectivity index (χ1v) is 10.0. The Kier molecular flexibility index (Phi) is 5.40. The number of ether oxygens (including phenoxy) is 2. The van der Waals surface area contributed by atoms with Crippen LogP contribution in [0.15, 0.2) is 52.9 Å². The van der Waals surface area contributed by atoms with E-state index in [1.165, 1.54) is 23.1 Å². The van der Waals surface area contributed by atoms with E-state index in [0.29, 0.717) is 35.5 Å². The Hall–Kier alpha value is -2.78. The Bertz CT molecular complexity index is 933. The van der Waals surface area contributed by atoms with Gasteiger partial charge < -0.3 is 20.1 Å². The predicted molar refractivity (Wildman–Crippen MR) is 106 cm³/mol. The molecule has 0 radical (unpaired) electrons. The van der Waals surface area contributed by atoms with Gasteiger partial charge in [0, 0.05) is 17.4 Å². The minimum Gasteiger partial charge on any atom is -0.486 e. The second-order valence-corrected chi connectivity index (χ2v) is 7.76. The lowest BCUT2D eigenvalue weighted by Crippen LogP contribution is -2.17. The molecule has 0 fully saturated rings. The van der Waals surface area contributed by atoms with Crippen molar-refractivity contribution in [2.24, 2.45) is 0 Å². The van der Waals surface area contributed by atoms with E-state index in [2.05, 4.69) is 20.8 Å². The Morgan fingerprint density at radius 1 is 1.04 bits per heavy atom. The first-order chi connectivity index (χ1) is 13.3. The average Bonchev–Trinajstić information content (AvgIpc) is 3.14. The summed E-state index contributed by atoms with van der Waals surface area (Å²) in [5.41, 5.74) is 1.62. The van der Waals surface area contributed by atoms with E-state index >= 15 is 0 Å². The van der Waals surface area contributed by atoms with E-state index < -0.39 is 0 Å². The van der Waals surface area contributed by atoms with Gasteiger partial charge in [-0.1, -0.05) is 41.3 Å². The van der Waals surface area contributed by atoms with Gasteiger partial charge in [0.1, 0.15) is 13.2 Å². The average molecular weight is 400 g/mol. The lowest BCUT2D eigenvalue weighted by Gasteiger charge is -2.18. The SMILES string of the molecule is O=C(CSc1nnc(Nc2ccccc2)s1)Nc1ccc2c(c1)OCCO2. The van der Waals surface area contributed by atoms with Gasteiger partial charge in [-0.05, 0) is 24.3 Å². The van der Waals surface area contributed by atoms with Gasteiger partial charge >= 0.3 is 0 Å². The number of aromatic nitrogens is 2. The highest BCUT2D eigenvalue weighted by atomic mass is 32.2. The van der Waals surface area contributed by atoms with Crippen molar-refractivity contribution in [1.29, 1.82) is 0 Å². The van der Waals surface area contributed by atoms with Crippen LogP contribution in [0, 0.1) is 0 Å². The molecule has 2 aromatic carbocycles. The van der Waals surface area contributed by atoms with E-state index in [1.54, 1.807) is 18.2 Å². The zero-order chi connectivity index (χ0) is 18.5. The van der Waals surface area contributed by atoms with Crippen LogP contribution in [0.2, 0.25) is 0 Å². The monoisotopic (exact) mass is 400 g/mol. The van der Waals surface area contributed by atoms with Gasteiger partial charge in [-0.15, -0.1) is 10.2 Å². The quantitative estimate of drug-likeness (QED) is 0.609. The number of nitrogens with zero attached hydrogens (tertiary/aromatic N) is 2. The Labute approximate surface area is 164 Å². The van der Waals surface area contributed by atoms with Gasteiger partial charge in [0.15, 0.2) is 15.8 Å². The number of thioether (sulfide) groups is 1. The molecule has 27 heavy (non-hydrogen) atoms. The number of carbonyl (C=O) groups is 1. The number of benzene rings is 2.